The molecule has 0 unspecified atom stereocenters. The van der Waals surface area contributed by atoms with Gasteiger partial charge in [-0.15, -0.1) is 0 Å². The third-order valence-electron chi connectivity index (χ3n) is 2.18. The van der Waals surface area contributed by atoms with Crippen molar-refractivity contribution >= 4 is 17.4 Å². The minimum absolute atomic E-state index is 0.656. The molecule has 0 aliphatic heterocycles. The van der Waals surface area contributed by atoms with Crippen molar-refractivity contribution in [1.82, 2.24) is 15.0 Å². The van der Waals surface area contributed by atoms with Crippen LogP contribution in [0, 0.1) is 20.8 Å². The lowest BCUT2D eigenvalue weighted by atomic mass is 10.3. The van der Waals surface area contributed by atoms with Crippen molar-refractivity contribution in [2.45, 2.75) is 31.0 Å². The number of rotatable bonds is 2. The molecular weight excluding hydrogens is 232 g/mol. The molecule has 0 atom stereocenters. The molecule has 0 aliphatic carbocycles. The van der Waals surface area contributed by atoms with Crippen molar-refractivity contribution in [2.75, 3.05) is 5.73 Å². The van der Waals surface area contributed by atoms with Crippen molar-refractivity contribution in [2.24, 2.45) is 0 Å². The molecule has 0 aromatic carbocycles. The minimum Gasteiger partial charge on any atom is -0.397 e. The van der Waals surface area contributed by atoms with Gasteiger partial charge in [0, 0.05) is 17.1 Å². The molecule has 2 aromatic rings. The van der Waals surface area contributed by atoms with Crippen molar-refractivity contribution in [3.05, 3.63) is 35.3 Å². The number of aryl methyl sites for hydroxylation is 3. The van der Waals surface area contributed by atoms with E-state index in [1.54, 1.807) is 0 Å². The van der Waals surface area contributed by atoms with Gasteiger partial charge in [0.05, 0.1) is 5.69 Å². The zero-order chi connectivity index (χ0) is 12.4. The predicted octanol–water partition coefficient (Wildman–Crippen LogP) is 2.53. The molecule has 2 N–H and O–H groups in total. The first-order valence-electron chi connectivity index (χ1n) is 5.28. The average molecular weight is 246 g/mol. The summed E-state index contributed by atoms with van der Waals surface area (Å²) in [4.78, 5) is 13.1. The van der Waals surface area contributed by atoms with Gasteiger partial charge >= 0.3 is 0 Å². The largest absolute Gasteiger partial charge is 0.397 e. The third kappa shape index (κ3) is 2.94. The first-order chi connectivity index (χ1) is 8.04. The lowest BCUT2D eigenvalue weighted by molar-refractivity contribution is 0.898. The van der Waals surface area contributed by atoms with Crippen LogP contribution in [0.25, 0.3) is 0 Å². The summed E-state index contributed by atoms with van der Waals surface area (Å²) in [5.41, 5.74) is 9.37. The van der Waals surface area contributed by atoms with Gasteiger partial charge in [-0.2, -0.15) is 0 Å². The number of hydrogen-bond acceptors (Lipinski definition) is 5. The fourth-order valence-electron chi connectivity index (χ4n) is 1.45. The molecule has 0 spiro atoms. The molecule has 0 amide bonds. The van der Waals surface area contributed by atoms with Crippen LogP contribution in [0.5, 0.6) is 0 Å². The molecule has 0 bridgehead atoms. The van der Waals surface area contributed by atoms with E-state index in [4.69, 9.17) is 5.73 Å². The highest BCUT2D eigenvalue weighted by molar-refractivity contribution is 7.99. The van der Waals surface area contributed by atoms with E-state index >= 15 is 0 Å². The zero-order valence-corrected chi connectivity index (χ0v) is 10.9. The van der Waals surface area contributed by atoms with Crippen molar-refractivity contribution in [1.29, 1.82) is 0 Å². The fourth-order valence-corrected chi connectivity index (χ4v) is 2.38. The van der Waals surface area contributed by atoms with Gasteiger partial charge in [-0.25, -0.2) is 15.0 Å². The van der Waals surface area contributed by atoms with E-state index < -0.39 is 0 Å². The Morgan fingerprint density at radius 1 is 0.941 bits per heavy atom. The van der Waals surface area contributed by atoms with E-state index in [0.29, 0.717) is 10.8 Å². The number of nitrogen functional groups attached to an aromatic ring is 1. The quantitative estimate of drug-likeness (QED) is 0.825. The Hall–Kier alpha value is -1.62. The average Bonchev–Trinajstić information content (AvgIpc) is 2.22. The number of hydrogen-bond donors (Lipinski definition) is 1. The molecule has 0 saturated carbocycles. The molecule has 0 saturated heterocycles. The second-order valence-electron chi connectivity index (χ2n) is 3.88. The van der Waals surface area contributed by atoms with Crippen LogP contribution in [-0.2, 0) is 0 Å². The van der Waals surface area contributed by atoms with Crippen molar-refractivity contribution < 1.29 is 0 Å². The monoisotopic (exact) mass is 246 g/mol. The summed E-state index contributed by atoms with van der Waals surface area (Å²) < 4.78 is 0. The van der Waals surface area contributed by atoms with Crippen LogP contribution in [-0.4, -0.2) is 15.0 Å². The van der Waals surface area contributed by atoms with E-state index in [2.05, 4.69) is 15.0 Å². The molecule has 4 nitrogen and oxygen atoms in total. The molecular formula is C12H14N4S. The van der Waals surface area contributed by atoms with Crippen molar-refractivity contribution in [3.63, 3.8) is 0 Å². The Morgan fingerprint density at radius 2 is 1.59 bits per heavy atom. The second kappa shape index (κ2) is 4.71. The van der Waals surface area contributed by atoms with E-state index in [0.717, 1.165) is 22.1 Å². The van der Waals surface area contributed by atoms with Crippen molar-refractivity contribution in [3.8, 4) is 0 Å². The second-order valence-corrected chi connectivity index (χ2v) is 4.84. The van der Waals surface area contributed by atoms with Gasteiger partial charge in [0.2, 0.25) is 0 Å². The van der Waals surface area contributed by atoms with E-state index in [9.17, 15) is 0 Å². The van der Waals surface area contributed by atoms with Gasteiger partial charge in [0.25, 0.3) is 0 Å². The van der Waals surface area contributed by atoms with Gasteiger partial charge in [0.1, 0.15) is 5.03 Å². The standard InChI is InChI=1S/C12H14N4S/c1-7-4-5-10(13)11(14-7)17-12-15-8(2)6-9(3)16-12/h4-6H,13H2,1-3H3. The van der Waals surface area contributed by atoms with Crippen LogP contribution in [0.15, 0.2) is 28.4 Å². The maximum Gasteiger partial charge on any atom is 0.194 e. The summed E-state index contributed by atoms with van der Waals surface area (Å²) in [7, 11) is 0. The normalized spacial score (nSPS) is 10.5. The summed E-state index contributed by atoms with van der Waals surface area (Å²) in [6, 6.07) is 5.69. The first kappa shape index (κ1) is 11.9. The Kier molecular flexibility index (Phi) is 3.28. The number of anilines is 1. The molecule has 17 heavy (non-hydrogen) atoms. The van der Waals surface area contributed by atoms with Crippen LogP contribution >= 0.6 is 11.8 Å². The predicted molar refractivity (Wildman–Crippen MR) is 69.0 cm³/mol. The summed E-state index contributed by atoms with van der Waals surface area (Å²) in [5, 5.41) is 1.45. The topological polar surface area (TPSA) is 64.7 Å². The summed E-state index contributed by atoms with van der Waals surface area (Å²) in [6.07, 6.45) is 0. The molecule has 0 fully saturated rings. The Labute approximate surface area is 105 Å². The highest BCUT2D eigenvalue weighted by Gasteiger charge is 2.07. The highest BCUT2D eigenvalue weighted by atomic mass is 32.2. The van der Waals surface area contributed by atoms with Gasteiger partial charge in [-0.1, -0.05) is 0 Å². The number of aromatic nitrogens is 3. The number of pyridine rings is 1. The molecule has 2 aromatic heterocycles. The summed E-state index contributed by atoms with van der Waals surface area (Å²) in [6.45, 7) is 5.84. The van der Waals surface area contributed by atoms with E-state index in [1.807, 2.05) is 39.0 Å². The molecule has 2 heterocycles. The van der Waals surface area contributed by atoms with Gasteiger partial charge < -0.3 is 5.73 Å². The molecule has 5 heteroatoms. The maximum absolute atomic E-state index is 5.87. The smallest absolute Gasteiger partial charge is 0.194 e. The Balaban J connectivity index is 2.34. The van der Waals surface area contributed by atoms with Crippen LogP contribution in [0.4, 0.5) is 5.69 Å². The highest BCUT2D eigenvalue weighted by Crippen LogP contribution is 2.28. The summed E-state index contributed by atoms with van der Waals surface area (Å²) in [5.74, 6) is 0. The number of nitrogens with two attached hydrogens (primary N) is 1. The van der Waals surface area contributed by atoms with Crippen LogP contribution < -0.4 is 5.73 Å². The molecule has 2 rings (SSSR count). The van der Waals surface area contributed by atoms with E-state index in [-0.39, 0.29) is 0 Å². The van der Waals surface area contributed by atoms with Crippen LogP contribution in [0.3, 0.4) is 0 Å². The van der Waals surface area contributed by atoms with E-state index in [1.165, 1.54) is 11.8 Å². The lowest BCUT2D eigenvalue weighted by Gasteiger charge is -2.05. The Morgan fingerprint density at radius 3 is 2.24 bits per heavy atom. The molecule has 88 valence electrons. The van der Waals surface area contributed by atoms with Gasteiger partial charge in [-0.3, -0.25) is 0 Å². The maximum atomic E-state index is 5.87. The molecule has 0 radical (unpaired) electrons. The van der Waals surface area contributed by atoms with Gasteiger partial charge in [0.15, 0.2) is 5.16 Å². The summed E-state index contributed by atoms with van der Waals surface area (Å²) >= 11 is 1.40. The fraction of sp³-hybridized carbons (Fsp3) is 0.250. The minimum atomic E-state index is 0.656. The SMILES string of the molecule is Cc1cc(C)nc(Sc2nc(C)ccc2N)n1. The third-order valence-corrected chi connectivity index (χ3v) is 3.06. The Bertz CT molecular complexity index is 534. The number of nitrogens with zero attached hydrogens (tertiary/aromatic N) is 3. The van der Waals surface area contributed by atoms with Crippen LogP contribution in [0.2, 0.25) is 0 Å². The zero-order valence-electron chi connectivity index (χ0n) is 10.1. The molecule has 0 aliphatic rings. The van der Waals surface area contributed by atoms with Crippen LogP contribution in [0.1, 0.15) is 17.1 Å². The lowest BCUT2D eigenvalue weighted by Crippen LogP contribution is -1.97. The van der Waals surface area contributed by atoms with Gasteiger partial charge in [-0.05, 0) is 50.7 Å². The first-order valence-corrected chi connectivity index (χ1v) is 6.09.